The van der Waals surface area contributed by atoms with Gasteiger partial charge >= 0.3 is 0 Å². The first-order valence-electron chi connectivity index (χ1n) is 15.9. The fraction of sp³-hybridized carbons (Fsp3) is 0.531. The number of fused-ring (bicyclic) bond motifs is 1. The van der Waals surface area contributed by atoms with Gasteiger partial charge in [0, 0.05) is 17.7 Å². The molecule has 3 aromatic rings. The van der Waals surface area contributed by atoms with Gasteiger partial charge in [0.1, 0.15) is 89.3 Å². The molecule has 3 aliphatic rings. The average Bonchev–Trinajstić information content (AvgIpc) is 3.12. The van der Waals surface area contributed by atoms with Gasteiger partial charge in [0.05, 0.1) is 19.8 Å². The van der Waals surface area contributed by atoms with Crippen molar-refractivity contribution in [2.45, 2.75) is 86.0 Å². The van der Waals surface area contributed by atoms with E-state index in [-0.39, 0.29) is 22.7 Å². The van der Waals surface area contributed by atoms with Gasteiger partial charge in [-0.05, 0) is 24.3 Å². The first kappa shape index (κ1) is 38.0. The van der Waals surface area contributed by atoms with Gasteiger partial charge in [-0.25, -0.2) is 0 Å². The molecule has 0 spiro atoms. The lowest BCUT2D eigenvalue weighted by molar-refractivity contribution is -0.345. The number of phenols is 2. The van der Waals surface area contributed by atoms with E-state index < -0.39 is 134 Å². The third kappa shape index (κ3) is 7.14. The molecule has 3 saturated heterocycles. The van der Waals surface area contributed by atoms with Gasteiger partial charge in [0.25, 0.3) is 0 Å². The van der Waals surface area contributed by atoms with Crippen LogP contribution in [-0.4, -0.2) is 167 Å². The second-order valence-corrected chi connectivity index (χ2v) is 12.4. The molecule has 3 fully saturated rings. The van der Waals surface area contributed by atoms with Gasteiger partial charge in [-0.3, -0.25) is 4.79 Å². The summed E-state index contributed by atoms with van der Waals surface area (Å²) in [4.78, 5) is 14.0. The third-order valence-electron chi connectivity index (χ3n) is 8.94. The lowest BCUT2D eigenvalue weighted by atomic mass is 9.98. The van der Waals surface area contributed by atoms with Gasteiger partial charge in [-0.2, -0.15) is 0 Å². The Morgan fingerprint density at radius 2 is 1.31 bits per heavy atom. The normalized spacial score (nSPS) is 36.8. The maximum absolute atomic E-state index is 14.0. The second kappa shape index (κ2) is 15.3. The Balaban J connectivity index is 1.37. The maximum Gasteiger partial charge on any atom is 0.239 e. The number of ether oxygens (including phenoxy) is 6. The summed E-state index contributed by atoms with van der Waals surface area (Å²) in [5.41, 5.74) is -1.26. The molecule has 14 atom stereocenters. The van der Waals surface area contributed by atoms with Crippen molar-refractivity contribution < 1.29 is 94.1 Å². The Labute approximate surface area is 292 Å². The highest BCUT2D eigenvalue weighted by Crippen LogP contribution is 2.38. The molecule has 0 radical (unpaired) electrons. The van der Waals surface area contributed by atoms with Crippen LogP contribution in [0, 0.1) is 0 Å². The van der Waals surface area contributed by atoms with Crippen molar-refractivity contribution in [1.29, 1.82) is 0 Å². The monoisotopic (exact) mass is 742 g/mol. The minimum absolute atomic E-state index is 0.0271. The highest BCUT2D eigenvalue weighted by atomic mass is 16.8. The summed E-state index contributed by atoms with van der Waals surface area (Å²) in [7, 11) is 0. The Kier molecular flexibility index (Phi) is 11.2. The Morgan fingerprint density at radius 1 is 0.692 bits per heavy atom. The summed E-state index contributed by atoms with van der Waals surface area (Å²) in [6, 6.07) is 7.20. The van der Waals surface area contributed by atoms with Crippen LogP contribution in [0.4, 0.5) is 0 Å². The molecule has 20 nitrogen and oxygen atoms in total. The minimum atomic E-state index is -1.93. The first-order valence-corrected chi connectivity index (χ1v) is 15.9. The van der Waals surface area contributed by atoms with Gasteiger partial charge in [0.15, 0.2) is 18.2 Å². The van der Waals surface area contributed by atoms with Crippen molar-refractivity contribution in [3.63, 3.8) is 0 Å². The molecule has 3 aliphatic heterocycles. The number of aromatic hydroxyl groups is 2. The molecular formula is C32H38O20. The zero-order valence-electron chi connectivity index (χ0n) is 26.8. The summed E-state index contributed by atoms with van der Waals surface area (Å²) < 4.78 is 39.4. The Morgan fingerprint density at radius 3 is 1.96 bits per heavy atom. The van der Waals surface area contributed by atoms with Crippen LogP contribution in [0.15, 0.2) is 45.6 Å². The predicted molar refractivity (Wildman–Crippen MR) is 167 cm³/mol. The predicted octanol–water partition coefficient (Wildman–Crippen LogP) is -4.31. The Bertz CT molecular complexity index is 1750. The van der Waals surface area contributed by atoms with Gasteiger partial charge in [-0.15, -0.1) is 0 Å². The molecule has 1 aromatic heterocycles. The van der Waals surface area contributed by atoms with Gasteiger partial charge in [0.2, 0.25) is 23.8 Å². The van der Waals surface area contributed by atoms with Crippen LogP contribution in [0.25, 0.3) is 22.3 Å². The smallest absolute Gasteiger partial charge is 0.239 e. The summed E-state index contributed by atoms with van der Waals surface area (Å²) >= 11 is 0. The largest absolute Gasteiger partial charge is 0.508 e. The minimum Gasteiger partial charge on any atom is -0.508 e. The average molecular weight is 743 g/mol. The van der Waals surface area contributed by atoms with Gasteiger partial charge < -0.3 is 94.1 Å². The molecule has 0 unspecified atom stereocenters. The van der Waals surface area contributed by atoms with E-state index in [0.29, 0.717) is 0 Å². The molecule has 0 saturated carbocycles. The molecule has 20 heteroatoms. The van der Waals surface area contributed by atoms with Crippen LogP contribution in [0.5, 0.6) is 23.0 Å². The van der Waals surface area contributed by atoms with Crippen LogP contribution < -0.4 is 14.9 Å². The van der Waals surface area contributed by atoms with E-state index in [1.54, 1.807) is 0 Å². The van der Waals surface area contributed by atoms with E-state index in [0.717, 1.165) is 12.1 Å². The fourth-order valence-corrected chi connectivity index (χ4v) is 6.02. The van der Waals surface area contributed by atoms with Crippen LogP contribution in [0.2, 0.25) is 0 Å². The number of hydrogen-bond donors (Lipinski definition) is 12. The number of hydrogen-bond acceptors (Lipinski definition) is 20. The Hall–Kier alpha value is -3.71. The maximum atomic E-state index is 14.0. The van der Waals surface area contributed by atoms with Crippen LogP contribution in [-0.2, 0) is 18.9 Å². The van der Waals surface area contributed by atoms with E-state index in [4.69, 9.17) is 32.8 Å². The van der Waals surface area contributed by atoms with Crippen LogP contribution in [0.3, 0.4) is 0 Å². The molecular weight excluding hydrogens is 704 g/mol. The van der Waals surface area contributed by atoms with Crippen molar-refractivity contribution in [2.75, 3.05) is 19.8 Å². The van der Waals surface area contributed by atoms with Crippen molar-refractivity contribution in [1.82, 2.24) is 0 Å². The fourth-order valence-electron chi connectivity index (χ4n) is 6.02. The molecule has 6 rings (SSSR count). The van der Waals surface area contributed by atoms with Crippen LogP contribution in [0.1, 0.15) is 0 Å². The summed E-state index contributed by atoms with van der Waals surface area (Å²) in [5, 5.41) is 122. The number of aliphatic hydroxyl groups is 10. The highest BCUT2D eigenvalue weighted by Gasteiger charge is 2.50. The summed E-state index contributed by atoms with van der Waals surface area (Å²) in [5.74, 6) is -2.20. The first-order chi connectivity index (χ1) is 24.7. The highest BCUT2D eigenvalue weighted by molar-refractivity contribution is 5.88. The SMILES string of the molecule is O=c1c(O[C@@H]2O[C@H](CO)[C@@H](O)[C@H](O)[C@H]2O[C@@H]2OC[C@@H](O)[C@H](O)[C@H]2O)c(-c2ccc(O[C@@H]3O[C@H](CO)[C@@H](O)[C@H](O)[C@H]3O)cc2)oc2cc(O)cc(O)c12. The summed E-state index contributed by atoms with van der Waals surface area (Å²) in [6.45, 7) is -2.04. The third-order valence-corrected chi connectivity index (χ3v) is 8.94. The number of phenolic OH excluding ortho intramolecular Hbond substituents is 2. The lowest BCUT2D eigenvalue weighted by Crippen LogP contribution is -2.64. The molecule has 0 aliphatic carbocycles. The van der Waals surface area contributed by atoms with Crippen molar-refractivity contribution in [2.24, 2.45) is 0 Å². The molecule has 12 N–H and O–H groups in total. The van der Waals surface area contributed by atoms with Crippen LogP contribution >= 0.6 is 0 Å². The molecule has 0 bridgehead atoms. The second-order valence-electron chi connectivity index (χ2n) is 12.4. The topological polar surface area (TPSA) is 328 Å². The van der Waals surface area contributed by atoms with Crippen molar-refractivity contribution >= 4 is 11.0 Å². The summed E-state index contributed by atoms with van der Waals surface area (Å²) in [6.07, 6.45) is -23.6. The number of aliphatic hydroxyl groups excluding tert-OH is 10. The zero-order chi connectivity index (χ0) is 37.6. The molecule has 0 amide bonds. The number of benzene rings is 2. The van der Waals surface area contributed by atoms with Crippen molar-refractivity contribution in [3.8, 4) is 34.3 Å². The lowest BCUT2D eigenvalue weighted by Gasteiger charge is -2.44. The standard InChI is InChI=1S/C32H38O20/c33-7-16-20(39)23(42)26(45)31(49-16)47-12-3-1-10(2-4-12)27-28(22(41)18-13(36)5-11(35)6-15(18)48-27)51-32-29(24(43)21(40)17(8-34)50-32)52-30-25(44)19(38)14(37)9-46-30/h1-6,14,16-17,19-21,23-26,29-40,42-45H,7-9H2/t14-,16-,17-,19+,20-,21-,23+,24+,25-,26-,29-,30+,31-,32+/m1/s1. The quantitative estimate of drug-likeness (QED) is 0.0986. The van der Waals surface area contributed by atoms with E-state index in [1.807, 2.05) is 0 Å². The molecule has 4 heterocycles. The molecule has 286 valence electrons. The molecule has 52 heavy (non-hydrogen) atoms. The van der Waals surface area contributed by atoms with E-state index in [9.17, 15) is 66.1 Å². The number of rotatable bonds is 9. The van der Waals surface area contributed by atoms with Crippen molar-refractivity contribution in [3.05, 3.63) is 46.6 Å². The molecule has 2 aromatic carbocycles. The van der Waals surface area contributed by atoms with Gasteiger partial charge in [-0.1, -0.05) is 0 Å². The van der Waals surface area contributed by atoms with E-state index in [1.165, 1.54) is 24.3 Å². The van der Waals surface area contributed by atoms with E-state index >= 15 is 0 Å². The van der Waals surface area contributed by atoms with E-state index in [2.05, 4.69) is 0 Å². The zero-order valence-corrected chi connectivity index (χ0v) is 26.8.